The van der Waals surface area contributed by atoms with Gasteiger partial charge >= 0.3 is 0 Å². The quantitative estimate of drug-likeness (QED) is 0.886. The molecular weight excluding hydrogens is 286 g/mol. The van der Waals surface area contributed by atoms with Gasteiger partial charge in [0.25, 0.3) is 0 Å². The Morgan fingerprint density at radius 3 is 2.57 bits per heavy atom. The van der Waals surface area contributed by atoms with Gasteiger partial charge in [-0.05, 0) is 47.4 Å². The van der Waals surface area contributed by atoms with Gasteiger partial charge < -0.3 is 14.8 Å². The van der Waals surface area contributed by atoms with Crippen LogP contribution in [0.4, 0.5) is 5.69 Å². The summed E-state index contributed by atoms with van der Waals surface area (Å²) in [7, 11) is 3.17. The van der Waals surface area contributed by atoms with Crippen molar-refractivity contribution in [1.82, 2.24) is 0 Å². The SMILES string of the molecule is COc1cc(C)c(NC(=O)CCc2ccsc2)cc1OC. The highest BCUT2D eigenvalue weighted by atomic mass is 32.1. The number of thiophene rings is 1. The highest BCUT2D eigenvalue weighted by molar-refractivity contribution is 7.07. The van der Waals surface area contributed by atoms with Crippen LogP contribution in [0.15, 0.2) is 29.0 Å². The molecule has 0 aliphatic rings. The first-order chi connectivity index (χ1) is 10.1. The molecule has 1 aromatic carbocycles. The zero-order chi connectivity index (χ0) is 15.2. The summed E-state index contributed by atoms with van der Waals surface area (Å²) in [5.41, 5.74) is 2.89. The maximum Gasteiger partial charge on any atom is 0.224 e. The third-order valence-corrected chi connectivity index (χ3v) is 3.96. The molecule has 0 atom stereocenters. The molecule has 21 heavy (non-hydrogen) atoms. The van der Waals surface area contributed by atoms with Crippen molar-refractivity contribution < 1.29 is 14.3 Å². The van der Waals surface area contributed by atoms with E-state index in [1.165, 1.54) is 5.56 Å². The van der Waals surface area contributed by atoms with E-state index in [2.05, 4.69) is 10.7 Å². The van der Waals surface area contributed by atoms with Gasteiger partial charge in [0.1, 0.15) is 0 Å². The predicted octanol–water partition coefficient (Wildman–Crippen LogP) is 3.65. The minimum atomic E-state index is -0.00322. The van der Waals surface area contributed by atoms with Crippen molar-refractivity contribution in [1.29, 1.82) is 0 Å². The smallest absolute Gasteiger partial charge is 0.224 e. The maximum atomic E-state index is 12.0. The number of nitrogens with one attached hydrogen (secondary N) is 1. The molecule has 1 heterocycles. The number of benzene rings is 1. The van der Waals surface area contributed by atoms with Gasteiger partial charge in [0.2, 0.25) is 5.91 Å². The minimum absolute atomic E-state index is 0.00322. The van der Waals surface area contributed by atoms with Crippen LogP contribution in [0, 0.1) is 6.92 Å². The second-order valence-corrected chi connectivity index (χ2v) is 5.48. The van der Waals surface area contributed by atoms with E-state index < -0.39 is 0 Å². The molecule has 0 saturated carbocycles. The summed E-state index contributed by atoms with van der Waals surface area (Å²) < 4.78 is 10.5. The van der Waals surface area contributed by atoms with Crippen LogP contribution in [0.25, 0.3) is 0 Å². The zero-order valence-electron chi connectivity index (χ0n) is 12.4. The van der Waals surface area contributed by atoms with E-state index in [4.69, 9.17) is 9.47 Å². The highest BCUT2D eigenvalue weighted by Crippen LogP contribution is 2.32. The molecule has 112 valence electrons. The van der Waals surface area contributed by atoms with Crippen LogP contribution < -0.4 is 14.8 Å². The van der Waals surface area contributed by atoms with E-state index in [-0.39, 0.29) is 5.91 Å². The van der Waals surface area contributed by atoms with E-state index in [9.17, 15) is 4.79 Å². The first kappa shape index (κ1) is 15.4. The van der Waals surface area contributed by atoms with Crippen molar-refractivity contribution in [3.8, 4) is 11.5 Å². The number of amides is 1. The normalized spacial score (nSPS) is 10.2. The molecule has 0 aliphatic carbocycles. The number of carbonyl (C=O) groups excluding carboxylic acids is 1. The lowest BCUT2D eigenvalue weighted by atomic mass is 10.1. The Hall–Kier alpha value is -2.01. The molecule has 0 fully saturated rings. The summed E-state index contributed by atoms with van der Waals surface area (Å²) in [5, 5.41) is 7.01. The zero-order valence-corrected chi connectivity index (χ0v) is 13.3. The lowest BCUT2D eigenvalue weighted by Gasteiger charge is -2.13. The molecule has 5 heteroatoms. The largest absolute Gasteiger partial charge is 0.493 e. The Morgan fingerprint density at radius 1 is 1.24 bits per heavy atom. The molecule has 0 bridgehead atoms. The molecule has 0 aliphatic heterocycles. The number of carbonyl (C=O) groups is 1. The summed E-state index contributed by atoms with van der Waals surface area (Å²) in [6, 6.07) is 5.68. The molecule has 4 nitrogen and oxygen atoms in total. The number of ether oxygens (including phenoxy) is 2. The van der Waals surface area contributed by atoms with Crippen molar-refractivity contribution in [2.75, 3.05) is 19.5 Å². The second kappa shape index (κ2) is 7.13. The van der Waals surface area contributed by atoms with Crippen LogP contribution in [0.3, 0.4) is 0 Å². The van der Waals surface area contributed by atoms with Crippen LogP contribution >= 0.6 is 11.3 Å². The number of rotatable bonds is 6. The standard InChI is InChI=1S/C16H19NO3S/c1-11-8-14(19-2)15(20-3)9-13(11)17-16(18)5-4-12-6-7-21-10-12/h6-10H,4-5H2,1-3H3,(H,17,18). The van der Waals surface area contributed by atoms with Gasteiger partial charge in [-0.1, -0.05) is 0 Å². The molecule has 1 N–H and O–H groups in total. The van der Waals surface area contributed by atoms with Crippen molar-refractivity contribution in [2.45, 2.75) is 19.8 Å². The average Bonchev–Trinajstić information content (AvgIpc) is 3.00. The Bertz CT molecular complexity index is 608. The Kier molecular flexibility index (Phi) is 5.22. The average molecular weight is 305 g/mol. The Labute approximate surface area is 128 Å². The lowest BCUT2D eigenvalue weighted by Crippen LogP contribution is -2.13. The minimum Gasteiger partial charge on any atom is -0.493 e. The van der Waals surface area contributed by atoms with E-state index >= 15 is 0 Å². The van der Waals surface area contributed by atoms with Crippen molar-refractivity contribution in [2.24, 2.45) is 0 Å². The van der Waals surface area contributed by atoms with Crippen LogP contribution in [-0.2, 0) is 11.2 Å². The van der Waals surface area contributed by atoms with E-state index in [0.29, 0.717) is 17.9 Å². The molecule has 2 rings (SSSR count). The van der Waals surface area contributed by atoms with E-state index in [1.807, 2.05) is 24.4 Å². The van der Waals surface area contributed by atoms with E-state index in [1.54, 1.807) is 31.6 Å². The van der Waals surface area contributed by atoms with Gasteiger partial charge in [-0.15, -0.1) is 0 Å². The molecule has 0 unspecified atom stereocenters. The van der Waals surface area contributed by atoms with E-state index in [0.717, 1.165) is 17.7 Å². The van der Waals surface area contributed by atoms with Crippen LogP contribution in [0.1, 0.15) is 17.5 Å². The van der Waals surface area contributed by atoms with Gasteiger partial charge in [-0.2, -0.15) is 11.3 Å². The summed E-state index contributed by atoms with van der Waals surface area (Å²) in [6.07, 6.45) is 1.21. The van der Waals surface area contributed by atoms with Crippen molar-refractivity contribution >= 4 is 22.9 Å². The summed E-state index contributed by atoms with van der Waals surface area (Å²) >= 11 is 1.64. The Balaban J connectivity index is 2.03. The van der Waals surface area contributed by atoms with Crippen LogP contribution in [0.2, 0.25) is 0 Å². The fourth-order valence-corrected chi connectivity index (χ4v) is 2.72. The fraction of sp³-hybridized carbons (Fsp3) is 0.312. The van der Waals surface area contributed by atoms with Crippen LogP contribution in [0.5, 0.6) is 11.5 Å². The predicted molar refractivity (Wildman–Crippen MR) is 85.6 cm³/mol. The molecular formula is C16H19NO3S. The molecule has 0 saturated heterocycles. The van der Waals surface area contributed by atoms with Crippen LogP contribution in [-0.4, -0.2) is 20.1 Å². The summed E-state index contributed by atoms with van der Waals surface area (Å²) in [6.45, 7) is 1.93. The Morgan fingerprint density at radius 2 is 1.95 bits per heavy atom. The van der Waals surface area contributed by atoms with Gasteiger partial charge in [0.05, 0.1) is 14.2 Å². The monoisotopic (exact) mass is 305 g/mol. The van der Waals surface area contributed by atoms with Gasteiger partial charge in [0.15, 0.2) is 11.5 Å². The first-order valence-corrected chi connectivity index (χ1v) is 7.62. The molecule has 2 aromatic rings. The van der Waals surface area contributed by atoms with Gasteiger partial charge in [-0.3, -0.25) is 4.79 Å². The number of anilines is 1. The highest BCUT2D eigenvalue weighted by Gasteiger charge is 2.11. The number of methoxy groups -OCH3 is 2. The maximum absolute atomic E-state index is 12.0. The third kappa shape index (κ3) is 3.98. The summed E-state index contributed by atoms with van der Waals surface area (Å²) in [4.78, 5) is 12.0. The van der Waals surface area contributed by atoms with Gasteiger partial charge in [0, 0.05) is 18.2 Å². The molecule has 1 aromatic heterocycles. The number of aryl methyl sites for hydroxylation is 2. The molecule has 1 amide bonds. The van der Waals surface area contributed by atoms with Crippen molar-refractivity contribution in [3.63, 3.8) is 0 Å². The lowest BCUT2D eigenvalue weighted by molar-refractivity contribution is -0.116. The van der Waals surface area contributed by atoms with Crippen molar-refractivity contribution in [3.05, 3.63) is 40.1 Å². The summed E-state index contributed by atoms with van der Waals surface area (Å²) in [5.74, 6) is 1.26. The topological polar surface area (TPSA) is 47.6 Å². The van der Waals surface area contributed by atoms with Gasteiger partial charge in [-0.25, -0.2) is 0 Å². The number of hydrogen-bond donors (Lipinski definition) is 1. The second-order valence-electron chi connectivity index (χ2n) is 4.70. The molecule has 0 spiro atoms. The fourth-order valence-electron chi connectivity index (χ4n) is 2.02. The number of hydrogen-bond acceptors (Lipinski definition) is 4. The molecule has 0 radical (unpaired) electrons. The third-order valence-electron chi connectivity index (χ3n) is 3.23. The first-order valence-electron chi connectivity index (χ1n) is 6.67.